The van der Waals surface area contributed by atoms with Gasteiger partial charge in [0, 0.05) is 21.1 Å². The zero-order chi connectivity index (χ0) is 19.8. The predicted octanol–water partition coefficient (Wildman–Crippen LogP) is 4.30. The van der Waals surface area contributed by atoms with Gasteiger partial charge in [0.15, 0.2) is 0 Å². The lowest BCUT2D eigenvalue weighted by molar-refractivity contribution is -0.485. The van der Waals surface area contributed by atoms with Gasteiger partial charge < -0.3 is 4.74 Å². The molecule has 0 radical (unpaired) electrons. The number of hydrogen-bond acceptors (Lipinski definition) is 6. The Morgan fingerprint density at radius 3 is 2.52 bits per heavy atom. The molecule has 1 heterocycles. The van der Waals surface area contributed by atoms with Crippen LogP contribution in [-0.2, 0) is 14.3 Å². The first-order chi connectivity index (χ1) is 12.7. The number of halogens is 1. The molecule has 0 aliphatic carbocycles. The first kappa shape index (κ1) is 19.6. The van der Waals surface area contributed by atoms with Crippen molar-refractivity contribution in [3.8, 4) is 11.5 Å². The van der Waals surface area contributed by atoms with Crippen LogP contribution in [0, 0.1) is 10.1 Å². The van der Waals surface area contributed by atoms with Crippen molar-refractivity contribution in [1.29, 1.82) is 0 Å². The lowest BCUT2D eigenvalue weighted by Gasteiger charge is -2.24. The zero-order valence-electron chi connectivity index (χ0n) is 14.7. The Morgan fingerprint density at radius 1 is 1.19 bits per heavy atom. The second kappa shape index (κ2) is 7.46. The van der Waals surface area contributed by atoms with Gasteiger partial charge in [-0.2, -0.15) is 8.42 Å². The van der Waals surface area contributed by atoms with Crippen LogP contribution in [0.1, 0.15) is 37.0 Å². The minimum absolute atomic E-state index is 0.346. The summed E-state index contributed by atoms with van der Waals surface area (Å²) >= 11 is 6.10. The van der Waals surface area contributed by atoms with Gasteiger partial charge >= 0.3 is 0 Å². The van der Waals surface area contributed by atoms with Gasteiger partial charge in [0.2, 0.25) is 6.54 Å². The van der Waals surface area contributed by atoms with Gasteiger partial charge in [-0.3, -0.25) is 14.3 Å². The van der Waals surface area contributed by atoms with Crippen molar-refractivity contribution in [2.75, 3.05) is 6.54 Å². The van der Waals surface area contributed by atoms with Crippen LogP contribution >= 0.6 is 11.6 Å². The molecule has 0 saturated carbocycles. The number of ether oxygens (including phenoxy) is 1. The lowest BCUT2D eigenvalue weighted by atomic mass is 9.89. The molecule has 0 aromatic heterocycles. The average Bonchev–Trinajstić information content (AvgIpc) is 2.70. The van der Waals surface area contributed by atoms with Crippen LogP contribution in [0.25, 0.3) is 0 Å². The second-order valence-electron chi connectivity index (χ2n) is 6.50. The normalized spacial score (nSPS) is 19.0. The molecular weight excluding hydrogens is 394 g/mol. The van der Waals surface area contributed by atoms with Gasteiger partial charge in [0.05, 0.1) is 11.2 Å². The molecule has 2 atom stereocenters. The van der Waals surface area contributed by atoms with Crippen LogP contribution in [0.4, 0.5) is 0 Å². The fourth-order valence-corrected chi connectivity index (χ4v) is 3.87. The van der Waals surface area contributed by atoms with Crippen molar-refractivity contribution < 1.29 is 22.3 Å². The fraction of sp³-hybridized carbons (Fsp3) is 0.333. The SMILES string of the molecule is CC(C)S(=O)(=O)O[C@H]1c2cc(Cl)ccc2Oc2ccccc2[C@@H]1C[N+](=O)[O-]. The molecule has 1 aliphatic heterocycles. The molecule has 0 spiro atoms. The third-order valence-electron chi connectivity index (χ3n) is 4.34. The van der Waals surface area contributed by atoms with E-state index in [2.05, 4.69) is 0 Å². The number of nitrogens with zero attached hydrogens (tertiary/aromatic N) is 1. The summed E-state index contributed by atoms with van der Waals surface area (Å²) in [5.41, 5.74) is 0.861. The van der Waals surface area contributed by atoms with Crippen LogP contribution in [0.2, 0.25) is 5.02 Å². The molecule has 0 unspecified atom stereocenters. The largest absolute Gasteiger partial charge is 0.457 e. The molecule has 144 valence electrons. The molecule has 1 aliphatic rings. The fourth-order valence-electron chi connectivity index (χ4n) is 2.94. The Balaban J connectivity index is 2.23. The van der Waals surface area contributed by atoms with Crippen molar-refractivity contribution in [3.63, 3.8) is 0 Å². The van der Waals surface area contributed by atoms with E-state index < -0.39 is 38.9 Å². The zero-order valence-corrected chi connectivity index (χ0v) is 16.2. The molecule has 2 aromatic rings. The summed E-state index contributed by atoms with van der Waals surface area (Å²) in [6, 6.07) is 11.5. The first-order valence-corrected chi connectivity index (χ1v) is 10.1. The van der Waals surface area contributed by atoms with E-state index in [1.165, 1.54) is 19.9 Å². The molecule has 0 amide bonds. The number of rotatable bonds is 5. The number of nitro groups is 1. The Morgan fingerprint density at radius 2 is 1.85 bits per heavy atom. The summed E-state index contributed by atoms with van der Waals surface area (Å²) in [7, 11) is -3.96. The second-order valence-corrected chi connectivity index (χ2v) is 9.06. The predicted molar refractivity (Wildman–Crippen MR) is 100 cm³/mol. The topological polar surface area (TPSA) is 95.7 Å². The maximum absolute atomic E-state index is 12.5. The van der Waals surface area contributed by atoms with Crippen LogP contribution in [0.15, 0.2) is 42.5 Å². The van der Waals surface area contributed by atoms with Gasteiger partial charge in [0.1, 0.15) is 17.6 Å². The van der Waals surface area contributed by atoms with Crippen LogP contribution in [0.3, 0.4) is 0 Å². The number of fused-ring (bicyclic) bond motifs is 2. The summed E-state index contributed by atoms with van der Waals surface area (Å²) in [5.74, 6) is -0.105. The molecule has 0 bridgehead atoms. The van der Waals surface area contributed by atoms with Crippen molar-refractivity contribution in [2.45, 2.75) is 31.1 Å². The van der Waals surface area contributed by atoms with E-state index in [9.17, 15) is 18.5 Å². The Bertz CT molecular complexity index is 976. The lowest BCUT2D eigenvalue weighted by Crippen LogP contribution is -2.27. The maximum atomic E-state index is 12.5. The molecule has 3 rings (SSSR count). The minimum Gasteiger partial charge on any atom is -0.457 e. The summed E-state index contributed by atoms with van der Waals surface area (Å²) in [6.07, 6.45) is -1.14. The number of hydrogen-bond donors (Lipinski definition) is 0. The molecule has 0 saturated heterocycles. The highest BCUT2D eigenvalue weighted by Crippen LogP contribution is 2.48. The van der Waals surface area contributed by atoms with Crippen molar-refractivity contribution >= 4 is 21.7 Å². The average molecular weight is 412 g/mol. The Labute approximate surface area is 162 Å². The first-order valence-electron chi connectivity index (χ1n) is 8.29. The number of para-hydroxylation sites is 1. The Kier molecular flexibility index (Phi) is 5.41. The van der Waals surface area contributed by atoms with E-state index in [0.717, 1.165) is 0 Å². The van der Waals surface area contributed by atoms with Crippen LogP contribution < -0.4 is 4.74 Å². The van der Waals surface area contributed by atoms with Gasteiger partial charge in [-0.15, -0.1) is 0 Å². The smallest absolute Gasteiger partial charge is 0.270 e. The van der Waals surface area contributed by atoms with Gasteiger partial charge in [-0.1, -0.05) is 29.8 Å². The molecule has 2 aromatic carbocycles. The van der Waals surface area contributed by atoms with Crippen molar-refractivity contribution in [3.05, 3.63) is 68.7 Å². The minimum atomic E-state index is -3.96. The van der Waals surface area contributed by atoms with Crippen LogP contribution in [0.5, 0.6) is 11.5 Å². The van der Waals surface area contributed by atoms with E-state index in [-0.39, 0.29) is 0 Å². The summed E-state index contributed by atoms with van der Waals surface area (Å²) in [6.45, 7) is 2.44. The Hall–Kier alpha value is -2.16. The number of benzene rings is 2. The molecule has 9 heteroatoms. The van der Waals surface area contributed by atoms with Gasteiger partial charge in [-0.25, -0.2) is 0 Å². The van der Waals surface area contributed by atoms with Crippen molar-refractivity contribution in [2.24, 2.45) is 0 Å². The van der Waals surface area contributed by atoms with E-state index in [1.807, 2.05) is 0 Å². The summed E-state index contributed by atoms with van der Waals surface area (Å²) in [4.78, 5) is 10.9. The van der Waals surface area contributed by atoms with E-state index in [0.29, 0.717) is 27.6 Å². The monoisotopic (exact) mass is 411 g/mol. The summed E-state index contributed by atoms with van der Waals surface area (Å²) < 4.78 is 36.4. The quantitative estimate of drug-likeness (QED) is 0.413. The summed E-state index contributed by atoms with van der Waals surface area (Å²) in [5, 5.41) is 10.9. The maximum Gasteiger partial charge on any atom is 0.270 e. The standard InChI is InChI=1S/C18H18ClNO6S/c1-11(2)27(23,24)26-18-14-9-12(19)7-8-17(14)25-16-6-4-3-5-13(16)15(18)10-20(21)22/h3-9,11,15,18H,10H2,1-2H3/t15-,18-/m0/s1. The van der Waals surface area contributed by atoms with Crippen molar-refractivity contribution in [1.82, 2.24) is 0 Å². The van der Waals surface area contributed by atoms with E-state index >= 15 is 0 Å². The highest BCUT2D eigenvalue weighted by Gasteiger charge is 2.40. The van der Waals surface area contributed by atoms with E-state index in [1.54, 1.807) is 36.4 Å². The molecule has 0 fully saturated rings. The van der Waals surface area contributed by atoms with Gasteiger partial charge in [0.25, 0.3) is 10.1 Å². The third-order valence-corrected chi connectivity index (χ3v) is 6.21. The van der Waals surface area contributed by atoms with E-state index in [4.69, 9.17) is 20.5 Å². The molecular formula is C18H18ClNO6S. The molecule has 27 heavy (non-hydrogen) atoms. The third kappa shape index (κ3) is 4.07. The van der Waals surface area contributed by atoms with Crippen LogP contribution in [-0.4, -0.2) is 25.1 Å². The van der Waals surface area contributed by atoms with Gasteiger partial charge in [-0.05, 0) is 38.1 Å². The molecule has 0 N–H and O–H groups in total. The molecule has 7 nitrogen and oxygen atoms in total. The highest BCUT2D eigenvalue weighted by atomic mass is 35.5. The highest BCUT2D eigenvalue weighted by molar-refractivity contribution is 7.87.